The Morgan fingerprint density at radius 1 is 1.16 bits per heavy atom. The summed E-state index contributed by atoms with van der Waals surface area (Å²) in [6, 6.07) is 3.82. The summed E-state index contributed by atoms with van der Waals surface area (Å²) in [5, 5.41) is 5.91. The van der Waals surface area contributed by atoms with Crippen molar-refractivity contribution < 1.29 is 9.59 Å². The van der Waals surface area contributed by atoms with Crippen molar-refractivity contribution in [1.82, 2.24) is 25.4 Å². The molecule has 25 heavy (non-hydrogen) atoms. The highest BCUT2D eigenvalue weighted by molar-refractivity contribution is 5.78. The van der Waals surface area contributed by atoms with Crippen LogP contribution in [0.1, 0.15) is 38.1 Å². The Labute approximate surface area is 149 Å². The van der Waals surface area contributed by atoms with Crippen LogP contribution in [0, 0.1) is 6.92 Å². The van der Waals surface area contributed by atoms with E-state index in [9.17, 15) is 9.59 Å². The number of pyridine rings is 1. The van der Waals surface area contributed by atoms with E-state index in [1.54, 1.807) is 11.1 Å². The minimum Gasteiger partial charge on any atom is -0.353 e. The van der Waals surface area contributed by atoms with Gasteiger partial charge in [-0.2, -0.15) is 0 Å². The van der Waals surface area contributed by atoms with Gasteiger partial charge in [0.1, 0.15) is 0 Å². The average Bonchev–Trinajstić information content (AvgIpc) is 2.54. The van der Waals surface area contributed by atoms with Crippen molar-refractivity contribution in [1.29, 1.82) is 0 Å². The number of rotatable bonds is 5. The summed E-state index contributed by atoms with van der Waals surface area (Å²) in [6.45, 7) is 10.9. The molecule has 1 saturated heterocycles. The number of carbonyl (C=O) groups is 2. The SMILES string of the molecule is Cc1cccnc1[C@@H](C)NC(=O)N1CCN(CC(=O)NC(C)C)CC1. The predicted octanol–water partition coefficient (Wildman–Crippen LogP) is 1.30. The first-order valence-electron chi connectivity index (χ1n) is 8.85. The molecule has 1 fully saturated rings. The van der Waals surface area contributed by atoms with Crippen LogP contribution in [-0.4, -0.2) is 65.5 Å². The van der Waals surface area contributed by atoms with Crippen LogP contribution in [-0.2, 0) is 4.79 Å². The molecule has 0 bridgehead atoms. The van der Waals surface area contributed by atoms with Crippen LogP contribution >= 0.6 is 0 Å². The van der Waals surface area contributed by atoms with Crippen molar-refractivity contribution in [3.05, 3.63) is 29.6 Å². The molecule has 1 atom stereocenters. The molecule has 2 rings (SSSR count). The van der Waals surface area contributed by atoms with Crippen molar-refractivity contribution in [3.63, 3.8) is 0 Å². The normalized spacial score (nSPS) is 16.6. The van der Waals surface area contributed by atoms with Gasteiger partial charge in [-0.1, -0.05) is 6.07 Å². The van der Waals surface area contributed by atoms with Crippen LogP contribution in [0.15, 0.2) is 18.3 Å². The predicted molar refractivity (Wildman–Crippen MR) is 97.2 cm³/mol. The number of nitrogens with one attached hydrogen (secondary N) is 2. The second-order valence-electron chi connectivity index (χ2n) is 6.86. The molecular formula is C18H29N5O2. The van der Waals surface area contributed by atoms with Crippen LogP contribution in [0.3, 0.4) is 0 Å². The largest absolute Gasteiger partial charge is 0.353 e. The third-order valence-corrected chi connectivity index (χ3v) is 4.28. The van der Waals surface area contributed by atoms with Gasteiger partial charge in [0.2, 0.25) is 5.91 Å². The van der Waals surface area contributed by atoms with Gasteiger partial charge in [0.05, 0.1) is 18.3 Å². The molecule has 1 aromatic rings. The number of urea groups is 1. The van der Waals surface area contributed by atoms with Gasteiger partial charge in [-0.05, 0) is 39.3 Å². The number of carbonyl (C=O) groups excluding carboxylic acids is 2. The molecular weight excluding hydrogens is 318 g/mol. The van der Waals surface area contributed by atoms with Crippen LogP contribution in [0.25, 0.3) is 0 Å². The van der Waals surface area contributed by atoms with E-state index >= 15 is 0 Å². The van der Waals surface area contributed by atoms with E-state index < -0.39 is 0 Å². The third-order valence-electron chi connectivity index (χ3n) is 4.28. The first kappa shape index (κ1) is 19.2. The zero-order valence-electron chi connectivity index (χ0n) is 15.6. The number of nitrogens with zero attached hydrogens (tertiary/aromatic N) is 3. The summed E-state index contributed by atoms with van der Waals surface area (Å²) in [4.78, 5) is 32.5. The highest BCUT2D eigenvalue weighted by Crippen LogP contribution is 2.14. The molecule has 1 aliphatic heterocycles. The molecule has 1 aromatic heterocycles. The lowest BCUT2D eigenvalue weighted by molar-refractivity contribution is -0.123. The fraction of sp³-hybridized carbons (Fsp3) is 0.611. The molecule has 0 spiro atoms. The maximum absolute atomic E-state index is 12.5. The molecule has 0 aromatic carbocycles. The average molecular weight is 347 g/mol. The van der Waals surface area contributed by atoms with Gasteiger partial charge in [0.25, 0.3) is 0 Å². The van der Waals surface area contributed by atoms with Crippen LogP contribution in [0.5, 0.6) is 0 Å². The Kier molecular flexibility index (Phi) is 6.75. The van der Waals surface area contributed by atoms with E-state index in [2.05, 4.69) is 20.5 Å². The van der Waals surface area contributed by atoms with Crippen molar-refractivity contribution in [2.75, 3.05) is 32.7 Å². The van der Waals surface area contributed by atoms with E-state index in [4.69, 9.17) is 0 Å². The molecule has 0 aliphatic carbocycles. The zero-order chi connectivity index (χ0) is 18.4. The Balaban J connectivity index is 1.79. The Morgan fingerprint density at radius 3 is 2.44 bits per heavy atom. The quantitative estimate of drug-likeness (QED) is 0.842. The van der Waals surface area contributed by atoms with Crippen molar-refractivity contribution in [2.45, 2.75) is 39.8 Å². The van der Waals surface area contributed by atoms with Crippen molar-refractivity contribution in [2.24, 2.45) is 0 Å². The second kappa shape index (κ2) is 8.80. The van der Waals surface area contributed by atoms with Gasteiger partial charge in [0, 0.05) is 38.4 Å². The third kappa shape index (κ3) is 5.70. The number of amides is 3. The molecule has 138 valence electrons. The minimum absolute atomic E-state index is 0.0344. The van der Waals surface area contributed by atoms with E-state index in [-0.39, 0.29) is 24.0 Å². The molecule has 2 heterocycles. The van der Waals surface area contributed by atoms with E-state index in [1.807, 2.05) is 39.8 Å². The van der Waals surface area contributed by atoms with Gasteiger partial charge in [-0.3, -0.25) is 14.7 Å². The summed E-state index contributed by atoms with van der Waals surface area (Å²) in [5.74, 6) is 0.0344. The van der Waals surface area contributed by atoms with Gasteiger partial charge in [-0.25, -0.2) is 4.79 Å². The summed E-state index contributed by atoms with van der Waals surface area (Å²) in [7, 11) is 0. The summed E-state index contributed by atoms with van der Waals surface area (Å²) < 4.78 is 0. The Bertz CT molecular complexity index is 597. The summed E-state index contributed by atoms with van der Waals surface area (Å²) in [5.41, 5.74) is 1.95. The lowest BCUT2D eigenvalue weighted by Crippen LogP contribution is -2.54. The minimum atomic E-state index is -0.136. The van der Waals surface area contributed by atoms with Gasteiger partial charge in [0.15, 0.2) is 0 Å². The fourth-order valence-electron chi connectivity index (χ4n) is 2.98. The second-order valence-corrected chi connectivity index (χ2v) is 6.86. The lowest BCUT2D eigenvalue weighted by atomic mass is 10.1. The van der Waals surface area contributed by atoms with Gasteiger partial charge in [-0.15, -0.1) is 0 Å². The van der Waals surface area contributed by atoms with E-state index in [0.29, 0.717) is 32.7 Å². The maximum atomic E-state index is 12.5. The topological polar surface area (TPSA) is 77.6 Å². The van der Waals surface area contributed by atoms with Crippen LogP contribution in [0.2, 0.25) is 0 Å². The fourth-order valence-corrected chi connectivity index (χ4v) is 2.98. The van der Waals surface area contributed by atoms with Crippen LogP contribution in [0.4, 0.5) is 4.79 Å². The van der Waals surface area contributed by atoms with Gasteiger partial charge >= 0.3 is 6.03 Å². The summed E-state index contributed by atoms with van der Waals surface area (Å²) >= 11 is 0. The monoisotopic (exact) mass is 347 g/mol. The Morgan fingerprint density at radius 2 is 1.84 bits per heavy atom. The summed E-state index contributed by atoms with van der Waals surface area (Å²) in [6.07, 6.45) is 1.74. The molecule has 7 nitrogen and oxygen atoms in total. The molecule has 0 radical (unpaired) electrons. The van der Waals surface area contributed by atoms with Crippen LogP contribution < -0.4 is 10.6 Å². The van der Waals surface area contributed by atoms with E-state index in [0.717, 1.165) is 11.3 Å². The standard InChI is InChI=1S/C18H29N5O2/c1-13(2)20-16(24)12-22-8-10-23(11-9-22)18(25)21-15(4)17-14(3)6-5-7-19-17/h5-7,13,15H,8-12H2,1-4H3,(H,20,24)(H,21,25)/t15-/m1/s1. The van der Waals surface area contributed by atoms with Gasteiger partial charge < -0.3 is 15.5 Å². The van der Waals surface area contributed by atoms with E-state index in [1.165, 1.54) is 0 Å². The number of hydrogen-bond donors (Lipinski definition) is 2. The highest BCUT2D eigenvalue weighted by Gasteiger charge is 2.24. The smallest absolute Gasteiger partial charge is 0.318 e. The first-order valence-corrected chi connectivity index (χ1v) is 8.85. The number of piperazine rings is 1. The molecule has 2 N–H and O–H groups in total. The highest BCUT2D eigenvalue weighted by atomic mass is 16.2. The zero-order valence-corrected chi connectivity index (χ0v) is 15.6. The maximum Gasteiger partial charge on any atom is 0.318 e. The molecule has 1 aliphatic rings. The lowest BCUT2D eigenvalue weighted by Gasteiger charge is -2.35. The number of aryl methyl sites for hydroxylation is 1. The Hall–Kier alpha value is -2.15. The number of aromatic nitrogens is 1. The molecule has 7 heteroatoms. The molecule has 0 unspecified atom stereocenters. The number of hydrogen-bond acceptors (Lipinski definition) is 4. The molecule has 0 saturated carbocycles. The van der Waals surface area contributed by atoms with Crippen molar-refractivity contribution in [3.8, 4) is 0 Å². The first-order chi connectivity index (χ1) is 11.9. The van der Waals surface area contributed by atoms with Crippen molar-refractivity contribution >= 4 is 11.9 Å². The molecule has 3 amide bonds.